The maximum Gasteiger partial charge on any atom is 0.270 e. The number of halogens is 1. The predicted molar refractivity (Wildman–Crippen MR) is 86.2 cm³/mol. The average Bonchev–Trinajstić information content (AvgIpc) is 2.46. The molecule has 0 bridgehead atoms. The molecule has 2 atom stereocenters. The normalized spacial score (nSPS) is 21.9. The molecule has 1 amide bonds. The molecule has 0 radical (unpaired) electrons. The lowest BCUT2D eigenvalue weighted by Gasteiger charge is -2.35. The molecule has 21 heavy (non-hydrogen) atoms. The van der Waals surface area contributed by atoms with Crippen LogP contribution in [0.4, 0.5) is 5.69 Å². The lowest BCUT2D eigenvalue weighted by molar-refractivity contribution is -0.384. The lowest BCUT2D eigenvalue weighted by Crippen LogP contribution is -2.46. The van der Waals surface area contributed by atoms with E-state index in [1.54, 1.807) is 13.1 Å². The van der Waals surface area contributed by atoms with E-state index in [0.717, 1.165) is 19.3 Å². The summed E-state index contributed by atoms with van der Waals surface area (Å²) < 4.78 is 0.667. The number of hydrogen-bond donors (Lipinski definition) is 1. The van der Waals surface area contributed by atoms with Crippen molar-refractivity contribution in [2.75, 3.05) is 7.05 Å². The molecule has 0 aromatic heterocycles. The summed E-state index contributed by atoms with van der Waals surface area (Å²) in [4.78, 5) is 24.4. The number of rotatable bonds is 3. The summed E-state index contributed by atoms with van der Waals surface area (Å²) >= 11 is 1.99. The highest BCUT2D eigenvalue weighted by Crippen LogP contribution is 2.26. The molecule has 1 saturated carbocycles. The number of nitro benzene ring substituents is 1. The van der Waals surface area contributed by atoms with Crippen LogP contribution in [0.15, 0.2) is 18.2 Å². The fraction of sp³-hybridized carbons (Fsp3) is 0.500. The molecule has 114 valence electrons. The summed E-state index contributed by atoms with van der Waals surface area (Å²) in [5.41, 5.74) is 0.210. The van der Waals surface area contributed by atoms with E-state index in [-0.39, 0.29) is 17.6 Å². The summed E-state index contributed by atoms with van der Waals surface area (Å²) in [6, 6.07) is 4.03. The molecule has 2 rings (SSSR count). The molecule has 0 aliphatic heterocycles. The number of hydrogen-bond acceptors (Lipinski definition) is 4. The number of nitrogens with zero attached hydrogens (tertiary/aromatic N) is 2. The Balaban J connectivity index is 2.26. The first kappa shape index (κ1) is 16.2. The highest BCUT2D eigenvalue weighted by Gasteiger charge is 2.31. The SMILES string of the molecule is CN(C(=O)c1cc([N+](=O)[O-])ccc1I)C1CCCCC1O. The van der Waals surface area contributed by atoms with Crippen LogP contribution in [0, 0.1) is 13.7 Å². The minimum Gasteiger partial charge on any atom is -0.391 e. The topological polar surface area (TPSA) is 83.7 Å². The van der Waals surface area contributed by atoms with Gasteiger partial charge in [-0.15, -0.1) is 0 Å². The third kappa shape index (κ3) is 3.52. The number of benzene rings is 1. The lowest BCUT2D eigenvalue weighted by atomic mass is 9.91. The summed E-state index contributed by atoms with van der Waals surface area (Å²) in [7, 11) is 1.65. The smallest absolute Gasteiger partial charge is 0.270 e. The number of aliphatic hydroxyl groups is 1. The zero-order valence-corrected chi connectivity index (χ0v) is 13.8. The summed E-state index contributed by atoms with van der Waals surface area (Å²) in [5, 5.41) is 20.9. The quantitative estimate of drug-likeness (QED) is 0.477. The third-order valence-electron chi connectivity index (χ3n) is 3.90. The van der Waals surface area contributed by atoms with Gasteiger partial charge in [-0.3, -0.25) is 14.9 Å². The molecule has 1 N–H and O–H groups in total. The molecule has 7 heteroatoms. The van der Waals surface area contributed by atoms with Gasteiger partial charge in [-0.25, -0.2) is 0 Å². The predicted octanol–water partition coefficient (Wildman–Crippen LogP) is 2.57. The van der Waals surface area contributed by atoms with Gasteiger partial charge in [0.15, 0.2) is 0 Å². The number of aliphatic hydroxyl groups excluding tert-OH is 1. The van der Waals surface area contributed by atoms with Crippen LogP contribution in [-0.2, 0) is 0 Å². The van der Waals surface area contributed by atoms with E-state index in [9.17, 15) is 20.0 Å². The molecule has 1 aromatic carbocycles. The minimum absolute atomic E-state index is 0.101. The average molecular weight is 404 g/mol. The van der Waals surface area contributed by atoms with E-state index >= 15 is 0 Å². The van der Waals surface area contributed by atoms with Crippen molar-refractivity contribution in [1.29, 1.82) is 0 Å². The Labute approximate surface area is 136 Å². The molecule has 0 spiro atoms. The van der Waals surface area contributed by atoms with Crippen LogP contribution in [0.3, 0.4) is 0 Å². The first-order valence-corrected chi connectivity index (χ1v) is 7.89. The largest absolute Gasteiger partial charge is 0.391 e. The Hall–Kier alpha value is -1.22. The van der Waals surface area contributed by atoms with Crippen molar-refractivity contribution >= 4 is 34.2 Å². The van der Waals surface area contributed by atoms with Crippen molar-refractivity contribution in [2.45, 2.75) is 37.8 Å². The number of carbonyl (C=O) groups is 1. The third-order valence-corrected chi connectivity index (χ3v) is 4.84. The van der Waals surface area contributed by atoms with Crippen molar-refractivity contribution in [3.63, 3.8) is 0 Å². The Bertz CT molecular complexity index is 564. The van der Waals surface area contributed by atoms with Gasteiger partial charge in [0.2, 0.25) is 0 Å². The molecule has 0 heterocycles. The number of likely N-dealkylation sites (N-methyl/N-ethyl adjacent to an activating group) is 1. The van der Waals surface area contributed by atoms with Gasteiger partial charge in [-0.05, 0) is 41.5 Å². The molecule has 0 saturated heterocycles. The number of amides is 1. The van der Waals surface area contributed by atoms with Gasteiger partial charge >= 0.3 is 0 Å². The van der Waals surface area contributed by atoms with Gasteiger partial charge in [0.05, 0.1) is 22.6 Å². The second kappa shape index (κ2) is 6.69. The number of nitro groups is 1. The van der Waals surface area contributed by atoms with Crippen LogP contribution in [0.2, 0.25) is 0 Å². The van der Waals surface area contributed by atoms with Crippen LogP contribution >= 0.6 is 22.6 Å². The molecule has 1 aliphatic rings. The van der Waals surface area contributed by atoms with Gasteiger partial charge in [0.1, 0.15) is 0 Å². The molecular weight excluding hydrogens is 387 g/mol. The van der Waals surface area contributed by atoms with Crippen LogP contribution < -0.4 is 0 Å². The molecule has 2 unspecified atom stereocenters. The number of non-ortho nitro benzene ring substituents is 1. The molecule has 1 fully saturated rings. The van der Waals surface area contributed by atoms with Gasteiger partial charge in [-0.2, -0.15) is 0 Å². The van der Waals surface area contributed by atoms with Crippen molar-refractivity contribution in [3.05, 3.63) is 37.4 Å². The van der Waals surface area contributed by atoms with Crippen LogP contribution in [0.5, 0.6) is 0 Å². The minimum atomic E-state index is -0.524. The van der Waals surface area contributed by atoms with E-state index in [1.165, 1.54) is 17.0 Å². The van der Waals surface area contributed by atoms with E-state index in [4.69, 9.17) is 0 Å². The molecular formula is C14H17IN2O4. The number of carbonyl (C=O) groups excluding carboxylic acids is 1. The van der Waals surface area contributed by atoms with Crippen molar-refractivity contribution in [2.24, 2.45) is 0 Å². The maximum atomic E-state index is 12.6. The van der Waals surface area contributed by atoms with Crippen molar-refractivity contribution in [1.82, 2.24) is 4.90 Å². The molecule has 6 nitrogen and oxygen atoms in total. The van der Waals surface area contributed by atoms with Gasteiger partial charge < -0.3 is 10.0 Å². The van der Waals surface area contributed by atoms with E-state index < -0.39 is 11.0 Å². The molecule has 1 aromatic rings. The van der Waals surface area contributed by atoms with E-state index in [2.05, 4.69) is 0 Å². The summed E-state index contributed by atoms with van der Waals surface area (Å²) in [6.07, 6.45) is 2.87. The van der Waals surface area contributed by atoms with Crippen LogP contribution in [-0.4, -0.2) is 40.0 Å². The fourth-order valence-electron chi connectivity index (χ4n) is 2.67. The Morgan fingerprint density at radius 3 is 2.71 bits per heavy atom. The van der Waals surface area contributed by atoms with Gasteiger partial charge in [0.25, 0.3) is 11.6 Å². The Kier molecular flexibility index (Phi) is 5.15. The standard InChI is InChI=1S/C14H17IN2O4/c1-16(12-4-2-3-5-13(12)18)14(19)10-8-9(17(20)21)6-7-11(10)15/h6-8,12-13,18H,2-5H2,1H3. The molecule has 1 aliphatic carbocycles. The Morgan fingerprint density at radius 1 is 1.43 bits per heavy atom. The second-order valence-electron chi connectivity index (χ2n) is 5.26. The fourth-order valence-corrected chi connectivity index (χ4v) is 3.24. The second-order valence-corrected chi connectivity index (χ2v) is 6.42. The first-order valence-electron chi connectivity index (χ1n) is 6.81. The highest BCUT2D eigenvalue weighted by atomic mass is 127. The monoisotopic (exact) mass is 404 g/mol. The highest BCUT2D eigenvalue weighted by molar-refractivity contribution is 14.1. The maximum absolute atomic E-state index is 12.6. The van der Waals surface area contributed by atoms with E-state index in [0.29, 0.717) is 15.6 Å². The summed E-state index contributed by atoms with van der Waals surface area (Å²) in [6.45, 7) is 0. The summed E-state index contributed by atoms with van der Waals surface area (Å²) in [5.74, 6) is -0.283. The zero-order valence-electron chi connectivity index (χ0n) is 11.7. The van der Waals surface area contributed by atoms with Crippen LogP contribution in [0.1, 0.15) is 36.0 Å². The van der Waals surface area contributed by atoms with Crippen molar-refractivity contribution < 1.29 is 14.8 Å². The van der Waals surface area contributed by atoms with Crippen LogP contribution in [0.25, 0.3) is 0 Å². The zero-order chi connectivity index (χ0) is 15.6. The van der Waals surface area contributed by atoms with Crippen molar-refractivity contribution in [3.8, 4) is 0 Å². The first-order chi connectivity index (χ1) is 9.91. The Morgan fingerprint density at radius 2 is 2.10 bits per heavy atom. The van der Waals surface area contributed by atoms with E-state index in [1.807, 2.05) is 22.6 Å². The van der Waals surface area contributed by atoms with Gasteiger partial charge in [0, 0.05) is 22.8 Å². The van der Waals surface area contributed by atoms with Gasteiger partial charge in [-0.1, -0.05) is 12.8 Å².